The van der Waals surface area contributed by atoms with E-state index < -0.39 is 12.0 Å². The average Bonchev–Trinajstić information content (AvgIpc) is 2.97. The van der Waals surface area contributed by atoms with E-state index in [4.69, 9.17) is 4.74 Å². The van der Waals surface area contributed by atoms with Crippen LogP contribution in [-0.4, -0.2) is 34.2 Å². The summed E-state index contributed by atoms with van der Waals surface area (Å²) >= 11 is 0. The van der Waals surface area contributed by atoms with Crippen molar-refractivity contribution in [1.29, 1.82) is 0 Å². The number of ether oxygens (including phenoxy) is 1. The Morgan fingerprint density at radius 3 is 2.84 bits per heavy atom. The topological polar surface area (TPSA) is 76.4 Å². The van der Waals surface area contributed by atoms with E-state index in [1.807, 2.05) is 35.9 Å². The second-order valence-corrected chi connectivity index (χ2v) is 5.80. The van der Waals surface area contributed by atoms with E-state index in [1.165, 1.54) is 0 Å². The number of hydrogen-bond donors (Lipinski definition) is 2. The highest BCUT2D eigenvalue weighted by Gasteiger charge is 2.17. The number of aryl methyl sites for hydroxylation is 1. The number of methoxy groups -OCH3 is 1. The van der Waals surface area contributed by atoms with Gasteiger partial charge in [0.15, 0.2) is 6.10 Å². The van der Waals surface area contributed by atoms with Crippen molar-refractivity contribution in [2.75, 3.05) is 13.7 Å². The van der Waals surface area contributed by atoms with Crippen LogP contribution < -0.4 is 10.1 Å². The van der Waals surface area contributed by atoms with Crippen molar-refractivity contribution in [3.8, 4) is 5.75 Å². The third-order valence-electron chi connectivity index (χ3n) is 4.19. The summed E-state index contributed by atoms with van der Waals surface area (Å²) in [6.07, 6.45) is -0.641. The summed E-state index contributed by atoms with van der Waals surface area (Å²) in [7, 11) is 3.50. The lowest BCUT2D eigenvalue weighted by Gasteiger charge is -2.12. The molecule has 6 heteroatoms. The van der Waals surface area contributed by atoms with Crippen LogP contribution in [0.2, 0.25) is 0 Å². The quantitative estimate of drug-likeness (QED) is 0.720. The summed E-state index contributed by atoms with van der Waals surface area (Å²) < 4.78 is 7.13. The van der Waals surface area contributed by atoms with Gasteiger partial charge in [-0.3, -0.25) is 4.79 Å². The van der Waals surface area contributed by atoms with Crippen LogP contribution in [-0.2, 0) is 18.3 Å². The van der Waals surface area contributed by atoms with E-state index in [0.717, 1.165) is 16.9 Å². The van der Waals surface area contributed by atoms with E-state index in [0.29, 0.717) is 24.3 Å². The molecule has 2 N–H and O–H groups in total. The van der Waals surface area contributed by atoms with E-state index in [9.17, 15) is 9.90 Å². The van der Waals surface area contributed by atoms with Crippen molar-refractivity contribution < 1.29 is 14.6 Å². The first-order chi connectivity index (χ1) is 12.1. The molecule has 0 fully saturated rings. The first kappa shape index (κ1) is 17.0. The number of nitrogens with one attached hydrogen (secondary N) is 1. The highest BCUT2D eigenvalue weighted by molar-refractivity contribution is 5.82. The van der Waals surface area contributed by atoms with Gasteiger partial charge in [0.2, 0.25) is 0 Å². The van der Waals surface area contributed by atoms with Gasteiger partial charge in [-0.25, -0.2) is 4.98 Å². The predicted molar refractivity (Wildman–Crippen MR) is 95.4 cm³/mol. The van der Waals surface area contributed by atoms with Crippen molar-refractivity contribution in [3.05, 3.63) is 59.9 Å². The number of aliphatic hydroxyl groups is 1. The molecule has 1 unspecified atom stereocenters. The van der Waals surface area contributed by atoms with Crippen molar-refractivity contribution >= 4 is 16.9 Å². The first-order valence-electron chi connectivity index (χ1n) is 8.10. The molecule has 0 saturated carbocycles. The van der Waals surface area contributed by atoms with Crippen molar-refractivity contribution in [2.45, 2.75) is 12.5 Å². The number of aromatic nitrogens is 2. The van der Waals surface area contributed by atoms with Crippen LogP contribution in [0.3, 0.4) is 0 Å². The maximum absolute atomic E-state index is 12.2. The monoisotopic (exact) mass is 339 g/mol. The van der Waals surface area contributed by atoms with Gasteiger partial charge in [0.05, 0.1) is 18.1 Å². The fourth-order valence-electron chi connectivity index (χ4n) is 2.78. The van der Waals surface area contributed by atoms with Gasteiger partial charge in [0.25, 0.3) is 5.91 Å². The molecule has 0 aliphatic heterocycles. The maximum Gasteiger partial charge on any atom is 0.253 e. The molecule has 130 valence electrons. The van der Waals surface area contributed by atoms with Gasteiger partial charge in [-0.1, -0.05) is 24.3 Å². The summed E-state index contributed by atoms with van der Waals surface area (Å²) in [5, 5.41) is 12.9. The summed E-state index contributed by atoms with van der Waals surface area (Å²) in [5.74, 6) is 1.05. The zero-order chi connectivity index (χ0) is 17.8. The van der Waals surface area contributed by atoms with Crippen molar-refractivity contribution in [3.63, 3.8) is 0 Å². The summed E-state index contributed by atoms with van der Waals surface area (Å²) in [4.78, 5) is 16.7. The highest BCUT2D eigenvalue weighted by Crippen LogP contribution is 2.19. The Bertz CT molecular complexity index is 889. The molecule has 1 aromatic heterocycles. The first-order valence-corrected chi connectivity index (χ1v) is 8.10. The molecular weight excluding hydrogens is 318 g/mol. The minimum atomic E-state index is -1.23. The molecule has 0 saturated heterocycles. The second-order valence-electron chi connectivity index (χ2n) is 5.80. The number of aliphatic hydroxyl groups excluding tert-OH is 1. The molecule has 1 atom stereocenters. The third-order valence-corrected chi connectivity index (χ3v) is 4.19. The molecule has 0 spiro atoms. The van der Waals surface area contributed by atoms with Gasteiger partial charge in [0, 0.05) is 20.0 Å². The molecule has 0 aliphatic carbocycles. The molecule has 3 rings (SSSR count). The summed E-state index contributed by atoms with van der Waals surface area (Å²) in [6.45, 7) is 0.400. The molecule has 0 radical (unpaired) electrons. The Balaban J connectivity index is 1.60. The lowest BCUT2D eigenvalue weighted by atomic mass is 10.1. The minimum absolute atomic E-state index is 0.400. The molecule has 2 aromatic carbocycles. The molecule has 25 heavy (non-hydrogen) atoms. The smallest absolute Gasteiger partial charge is 0.253 e. The molecule has 0 bridgehead atoms. The number of amides is 1. The highest BCUT2D eigenvalue weighted by atomic mass is 16.5. The van der Waals surface area contributed by atoms with Crippen LogP contribution >= 0.6 is 0 Å². The van der Waals surface area contributed by atoms with E-state index >= 15 is 0 Å². The lowest BCUT2D eigenvalue weighted by molar-refractivity contribution is -0.129. The van der Waals surface area contributed by atoms with Crippen LogP contribution in [0.5, 0.6) is 5.75 Å². The molecule has 3 aromatic rings. The number of carbonyl (C=O) groups excluding carboxylic acids is 1. The average molecular weight is 339 g/mol. The third kappa shape index (κ3) is 3.64. The van der Waals surface area contributed by atoms with Crippen molar-refractivity contribution in [2.24, 2.45) is 7.05 Å². The number of imidazole rings is 1. The van der Waals surface area contributed by atoms with Crippen LogP contribution in [0.25, 0.3) is 11.0 Å². The van der Waals surface area contributed by atoms with E-state index in [2.05, 4.69) is 10.3 Å². The number of fused-ring (bicyclic) bond motifs is 1. The number of para-hydroxylation sites is 2. The summed E-state index contributed by atoms with van der Waals surface area (Å²) in [6, 6.07) is 14.7. The fourth-order valence-corrected chi connectivity index (χ4v) is 2.78. The van der Waals surface area contributed by atoms with E-state index in [-0.39, 0.29) is 0 Å². The number of benzene rings is 2. The van der Waals surface area contributed by atoms with E-state index in [1.54, 1.807) is 31.4 Å². The maximum atomic E-state index is 12.2. The largest absolute Gasteiger partial charge is 0.497 e. The zero-order valence-electron chi connectivity index (χ0n) is 14.3. The Kier molecular flexibility index (Phi) is 5.00. The van der Waals surface area contributed by atoms with Gasteiger partial charge in [-0.15, -0.1) is 0 Å². The summed E-state index contributed by atoms with van der Waals surface area (Å²) in [5.41, 5.74) is 2.49. The predicted octanol–water partition coefficient (Wildman–Crippen LogP) is 1.97. The Labute approximate surface area is 146 Å². The zero-order valence-corrected chi connectivity index (χ0v) is 14.3. The normalized spacial score (nSPS) is 12.1. The molecule has 0 aliphatic rings. The van der Waals surface area contributed by atoms with Gasteiger partial charge < -0.3 is 19.7 Å². The van der Waals surface area contributed by atoms with Crippen LogP contribution in [0.1, 0.15) is 17.5 Å². The number of hydrogen-bond acceptors (Lipinski definition) is 4. The molecule has 1 heterocycles. The van der Waals surface area contributed by atoms with Gasteiger partial charge >= 0.3 is 0 Å². The lowest BCUT2D eigenvalue weighted by Crippen LogP contribution is -2.31. The molecule has 1 amide bonds. The Hall–Kier alpha value is -2.86. The second kappa shape index (κ2) is 7.36. The standard InChI is InChI=1S/C19H21N3O3/c1-22-16-9-4-3-8-15(16)21-17(22)10-11-20-19(24)18(23)13-6-5-7-14(12-13)25-2/h3-9,12,18,23H,10-11H2,1-2H3,(H,20,24). The van der Waals surface area contributed by atoms with Crippen LogP contribution in [0.4, 0.5) is 0 Å². The number of carbonyl (C=O) groups is 1. The Morgan fingerprint density at radius 1 is 1.28 bits per heavy atom. The van der Waals surface area contributed by atoms with Crippen LogP contribution in [0.15, 0.2) is 48.5 Å². The molecule has 6 nitrogen and oxygen atoms in total. The van der Waals surface area contributed by atoms with Crippen LogP contribution in [0, 0.1) is 0 Å². The minimum Gasteiger partial charge on any atom is -0.497 e. The van der Waals surface area contributed by atoms with Gasteiger partial charge in [-0.2, -0.15) is 0 Å². The SMILES string of the molecule is COc1cccc(C(O)C(=O)NCCc2nc3ccccc3n2C)c1. The fraction of sp³-hybridized carbons (Fsp3) is 0.263. The Morgan fingerprint density at radius 2 is 2.08 bits per heavy atom. The van der Waals surface area contributed by atoms with Gasteiger partial charge in [0.1, 0.15) is 11.6 Å². The number of nitrogens with zero attached hydrogens (tertiary/aromatic N) is 2. The molecular formula is C19H21N3O3. The van der Waals surface area contributed by atoms with Crippen molar-refractivity contribution in [1.82, 2.24) is 14.9 Å². The number of rotatable bonds is 6. The van der Waals surface area contributed by atoms with Gasteiger partial charge in [-0.05, 0) is 29.8 Å².